The van der Waals surface area contributed by atoms with Crippen LogP contribution in [0.3, 0.4) is 0 Å². The largest absolute Gasteiger partial charge is 0.493 e. The topological polar surface area (TPSA) is 82.0 Å². The first kappa shape index (κ1) is 24.0. The van der Waals surface area contributed by atoms with Crippen molar-refractivity contribution >= 4 is 35.5 Å². The van der Waals surface area contributed by atoms with E-state index in [0.29, 0.717) is 11.4 Å². The number of methoxy groups -OCH3 is 2. The number of esters is 1. The minimum absolute atomic E-state index is 0.236. The Hall–Kier alpha value is -4.13. The molecule has 0 atom stereocenters. The Morgan fingerprint density at radius 1 is 1.06 bits per heavy atom. The van der Waals surface area contributed by atoms with Gasteiger partial charge in [0.2, 0.25) is 0 Å². The summed E-state index contributed by atoms with van der Waals surface area (Å²) in [6, 6.07) is 16.9. The molecule has 0 radical (unpaired) electrons. The maximum Gasteiger partial charge on any atom is 0.339 e. The molecule has 0 saturated heterocycles. The molecule has 7 nitrogen and oxygen atoms in total. The van der Waals surface area contributed by atoms with Crippen molar-refractivity contribution in [2.24, 2.45) is 4.99 Å². The summed E-state index contributed by atoms with van der Waals surface area (Å²) in [4.78, 5) is 20.5. The fourth-order valence-electron chi connectivity index (χ4n) is 3.93. The van der Waals surface area contributed by atoms with Crippen LogP contribution in [-0.2, 0) is 4.74 Å². The smallest absolute Gasteiger partial charge is 0.339 e. The number of carbonyl (C=O) groups excluding carboxylic acids is 1. The molecule has 7 heteroatoms. The molecule has 1 N–H and O–H groups in total. The summed E-state index contributed by atoms with van der Waals surface area (Å²) in [6.45, 7) is 0. The number of allylic oxidation sites excluding steroid dienone is 1. The first-order valence-corrected chi connectivity index (χ1v) is 11.6. The summed E-state index contributed by atoms with van der Waals surface area (Å²) < 4.78 is 16.5. The van der Waals surface area contributed by atoms with E-state index >= 15 is 0 Å². The molecule has 0 spiro atoms. The van der Waals surface area contributed by atoms with Crippen molar-refractivity contribution in [3.8, 4) is 11.5 Å². The van der Waals surface area contributed by atoms with Crippen LogP contribution in [0.15, 0.2) is 71.9 Å². The average Bonchev–Trinajstić information content (AvgIpc) is 3.41. The highest BCUT2D eigenvalue weighted by Crippen LogP contribution is 2.35. The Morgan fingerprint density at radius 3 is 2.63 bits per heavy atom. The maximum absolute atomic E-state index is 11.6. The molecule has 1 aliphatic rings. The molecule has 0 aliphatic heterocycles. The Bertz CT molecular complexity index is 1200. The van der Waals surface area contributed by atoms with E-state index in [1.165, 1.54) is 26.1 Å². The van der Waals surface area contributed by atoms with Gasteiger partial charge in [0, 0.05) is 18.0 Å². The highest BCUT2D eigenvalue weighted by molar-refractivity contribution is 5.89. The third-order valence-electron chi connectivity index (χ3n) is 5.74. The number of pyridine rings is 1. The number of carbonyl (C=O) groups is 1. The molecule has 180 valence electrons. The summed E-state index contributed by atoms with van der Waals surface area (Å²) in [5.41, 5.74) is 2.89. The average molecular weight is 472 g/mol. The number of hydrogen-bond donors (Lipinski definition) is 1. The second kappa shape index (κ2) is 11.8. The van der Waals surface area contributed by atoms with Gasteiger partial charge in [0.25, 0.3) is 0 Å². The van der Waals surface area contributed by atoms with Crippen molar-refractivity contribution < 1.29 is 19.0 Å². The monoisotopic (exact) mass is 471 g/mol. The summed E-state index contributed by atoms with van der Waals surface area (Å²) in [6.07, 6.45) is 11.9. The van der Waals surface area contributed by atoms with E-state index in [2.05, 4.69) is 15.3 Å². The van der Waals surface area contributed by atoms with Crippen molar-refractivity contribution in [1.29, 1.82) is 0 Å². The van der Waals surface area contributed by atoms with Gasteiger partial charge >= 0.3 is 5.97 Å². The van der Waals surface area contributed by atoms with Crippen LogP contribution in [-0.4, -0.2) is 37.5 Å². The lowest BCUT2D eigenvalue weighted by atomic mass is 10.1. The van der Waals surface area contributed by atoms with Crippen LogP contribution in [0.2, 0.25) is 0 Å². The molecule has 0 unspecified atom stereocenters. The van der Waals surface area contributed by atoms with Gasteiger partial charge in [-0.05, 0) is 68.2 Å². The van der Waals surface area contributed by atoms with Gasteiger partial charge in [0.05, 0.1) is 37.3 Å². The van der Waals surface area contributed by atoms with Gasteiger partial charge in [0.1, 0.15) is 5.82 Å². The highest BCUT2D eigenvalue weighted by Gasteiger charge is 2.19. The van der Waals surface area contributed by atoms with E-state index in [-0.39, 0.29) is 6.10 Å². The molecule has 2 aromatic carbocycles. The van der Waals surface area contributed by atoms with Crippen molar-refractivity contribution in [2.75, 3.05) is 19.5 Å². The number of rotatable bonds is 9. The summed E-state index contributed by atoms with van der Waals surface area (Å²) >= 11 is 0. The van der Waals surface area contributed by atoms with Crippen LogP contribution in [0, 0.1) is 0 Å². The van der Waals surface area contributed by atoms with Crippen LogP contribution in [0.25, 0.3) is 6.08 Å². The van der Waals surface area contributed by atoms with E-state index in [1.54, 1.807) is 25.5 Å². The van der Waals surface area contributed by atoms with Gasteiger partial charge in [0.15, 0.2) is 11.5 Å². The van der Waals surface area contributed by atoms with Gasteiger partial charge in [-0.25, -0.2) is 9.78 Å². The Labute approximate surface area is 205 Å². The van der Waals surface area contributed by atoms with E-state index in [9.17, 15) is 4.79 Å². The van der Waals surface area contributed by atoms with Gasteiger partial charge in [-0.15, -0.1) is 0 Å². The molecule has 1 fully saturated rings. The summed E-state index contributed by atoms with van der Waals surface area (Å²) in [5.74, 6) is 1.68. The van der Waals surface area contributed by atoms with Gasteiger partial charge < -0.3 is 19.5 Å². The van der Waals surface area contributed by atoms with Crippen LogP contribution < -0.4 is 14.8 Å². The van der Waals surface area contributed by atoms with E-state index in [1.807, 2.05) is 54.6 Å². The molecule has 1 heterocycles. The third kappa shape index (κ3) is 6.26. The number of nitrogens with one attached hydrogen (secondary N) is 1. The Balaban J connectivity index is 1.48. The van der Waals surface area contributed by atoms with Crippen molar-refractivity contribution in [2.45, 2.75) is 31.8 Å². The fraction of sp³-hybridized carbons (Fsp3) is 0.250. The predicted molar refractivity (Wildman–Crippen MR) is 138 cm³/mol. The number of para-hydroxylation sites is 3. The number of benzene rings is 2. The van der Waals surface area contributed by atoms with E-state index in [4.69, 9.17) is 14.2 Å². The summed E-state index contributed by atoms with van der Waals surface area (Å²) in [5, 5.41) is 3.24. The second-order valence-corrected chi connectivity index (χ2v) is 8.11. The quantitative estimate of drug-likeness (QED) is 0.289. The van der Waals surface area contributed by atoms with Crippen LogP contribution in [0.5, 0.6) is 11.5 Å². The lowest BCUT2D eigenvalue weighted by Gasteiger charge is -2.17. The van der Waals surface area contributed by atoms with Gasteiger partial charge in [-0.3, -0.25) is 4.99 Å². The third-order valence-corrected chi connectivity index (χ3v) is 5.74. The molecule has 1 saturated carbocycles. The lowest BCUT2D eigenvalue weighted by Crippen LogP contribution is -2.12. The fourth-order valence-corrected chi connectivity index (χ4v) is 3.93. The molecule has 1 aliphatic carbocycles. The first-order chi connectivity index (χ1) is 17.2. The molecular formula is C28H29N3O4. The van der Waals surface area contributed by atoms with Gasteiger partial charge in [-0.1, -0.05) is 24.3 Å². The van der Waals surface area contributed by atoms with Gasteiger partial charge in [-0.2, -0.15) is 0 Å². The number of aliphatic imine (C=N–C) groups is 1. The molecular weight excluding hydrogens is 442 g/mol. The molecule has 3 aromatic rings. The normalized spacial score (nSPS) is 13.9. The number of anilines is 2. The maximum atomic E-state index is 11.6. The predicted octanol–water partition coefficient (Wildman–Crippen LogP) is 6.36. The minimum Gasteiger partial charge on any atom is -0.493 e. The first-order valence-electron chi connectivity index (χ1n) is 11.6. The van der Waals surface area contributed by atoms with E-state index in [0.717, 1.165) is 41.3 Å². The molecule has 0 bridgehead atoms. The number of aromatic nitrogens is 1. The number of ether oxygens (including phenoxy) is 3. The van der Waals surface area contributed by atoms with Crippen LogP contribution in [0.4, 0.5) is 17.2 Å². The Morgan fingerprint density at radius 2 is 1.89 bits per heavy atom. The standard InChI is InChI=1S/C28H29N3O4/c1-33-25-15-7-9-20(27(25)35-22-11-3-4-12-22)10-8-18-29-23-13-5-6-14-24(23)31-26-17-16-21(19-30-26)28(32)34-2/h5-10,13-19,22H,3-4,11-12H2,1-2H3,(H,30,31)/b10-8+,29-18?. The highest BCUT2D eigenvalue weighted by atomic mass is 16.5. The second-order valence-electron chi connectivity index (χ2n) is 8.11. The number of hydrogen-bond acceptors (Lipinski definition) is 7. The molecule has 35 heavy (non-hydrogen) atoms. The zero-order valence-corrected chi connectivity index (χ0v) is 19.9. The van der Waals surface area contributed by atoms with Crippen molar-refractivity contribution in [3.63, 3.8) is 0 Å². The van der Waals surface area contributed by atoms with Crippen molar-refractivity contribution in [1.82, 2.24) is 4.98 Å². The minimum atomic E-state index is -0.423. The van der Waals surface area contributed by atoms with Crippen LogP contribution >= 0.6 is 0 Å². The molecule has 0 amide bonds. The Kier molecular flexibility index (Phi) is 8.12. The summed E-state index contributed by atoms with van der Waals surface area (Å²) in [7, 11) is 3.00. The lowest BCUT2D eigenvalue weighted by molar-refractivity contribution is 0.0600. The zero-order chi connectivity index (χ0) is 24.5. The SMILES string of the molecule is COC(=O)c1ccc(Nc2ccccc2N=C/C=C/c2cccc(OC)c2OC2CCCC2)nc1. The molecule has 1 aromatic heterocycles. The van der Waals surface area contributed by atoms with E-state index < -0.39 is 5.97 Å². The molecule has 4 rings (SSSR count). The zero-order valence-electron chi connectivity index (χ0n) is 19.9. The van der Waals surface area contributed by atoms with Crippen molar-refractivity contribution in [3.05, 3.63) is 78.0 Å². The van der Waals surface area contributed by atoms with Crippen LogP contribution in [0.1, 0.15) is 41.6 Å². The number of nitrogens with zero attached hydrogens (tertiary/aromatic N) is 2.